The van der Waals surface area contributed by atoms with Gasteiger partial charge in [-0.3, -0.25) is 9.89 Å². The van der Waals surface area contributed by atoms with E-state index in [2.05, 4.69) is 33.3 Å². The molecule has 28 heavy (non-hydrogen) atoms. The Labute approximate surface area is 161 Å². The van der Waals surface area contributed by atoms with Crippen LogP contribution in [0.15, 0.2) is 53.1 Å². The highest BCUT2D eigenvalue weighted by molar-refractivity contribution is 5.97. The molecule has 1 aliphatic rings. The van der Waals surface area contributed by atoms with Gasteiger partial charge in [0.05, 0.1) is 5.52 Å². The van der Waals surface area contributed by atoms with Crippen LogP contribution in [0.4, 0.5) is 5.69 Å². The molecule has 1 unspecified atom stereocenters. The van der Waals surface area contributed by atoms with Crippen molar-refractivity contribution in [3.63, 3.8) is 0 Å². The average Bonchev–Trinajstić information content (AvgIpc) is 3.45. The number of carbonyl (C=O) groups excluding carboxylic acids is 1. The summed E-state index contributed by atoms with van der Waals surface area (Å²) in [4.78, 5) is 19.0. The Morgan fingerprint density at radius 3 is 2.89 bits per heavy atom. The quantitative estimate of drug-likeness (QED) is 0.589. The van der Waals surface area contributed by atoms with Gasteiger partial charge in [-0.2, -0.15) is 10.1 Å². The number of fused-ring (bicyclic) bond motifs is 1. The van der Waals surface area contributed by atoms with Crippen molar-refractivity contribution in [2.45, 2.75) is 25.7 Å². The van der Waals surface area contributed by atoms with Crippen LogP contribution in [0.2, 0.25) is 0 Å². The number of aromatic amines is 1. The SMILES string of the molecule is CCc1ccccc1N1CC(c2noc(-c3n[nH]c4ccccc34)n2)CC1=O. The Morgan fingerprint density at radius 1 is 1.18 bits per heavy atom. The molecule has 0 spiro atoms. The number of nitrogens with one attached hydrogen (secondary N) is 1. The summed E-state index contributed by atoms with van der Waals surface area (Å²) in [5.74, 6) is 0.904. The fraction of sp³-hybridized carbons (Fsp3) is 0.238. The molecular formula is C21H19N5O2. The van der Waals surface area contributed by atoms with Crippen LogP contribution < -0.4 is 4.90 Å². The molecule has 1 aliphatic heterocycles. The number of hydrogen-bond donors (Lipinski definition) is 1. The van der Waals surface area contributed by atoms with E-state index in [4.69, 9.17) is 4.52 Å². The highest BCUT2D eigenvalue weighted by Crippen LogP contribution is 2.34. The number of hydrogen-bond acceptors (Lipinski definition) is 5. The molecule has 2 aromatic heterocycles. The molecule has 0 aliphatic carbocycles. The molecule has 7 nitrogen and oxygen atoms in total. The summed E-state index contributed by atoms with van der Waals surface area (Å²) >= 11 is 0. The number of H-pyrrole nitrogens is 1. The second-order valence-corrected chi connectivity index (χ2v) is 6.96. The molecule has 4 aromatic rings. The topological polar surface area (TPSA) is 87.9 Å². The molecule has 7 heteroatoms. The molecule has 2 aromatic carbocycles. The number of rotatable bonds is 4. The van der Waals surface area contributed by atoms with E-state index in [1.807, 2.05) is 47.4 Å². The van der Waals surface area contributed by atoms with Gasteiger partial charge in [0.1, 0.15) is 0 Å². The second kappa shape index (κ2) is 6.60. The zero-order valence-corrected chi connectivity index (χ0v) is 15.4. The van der Waals surface area contributed by atoms with E-state index >= 15 is 0 Å². The van der Waals surface area contributed by atoms with Gasteiger partial charge in [0, 0.05) is 30.0 Å². The first-order valence-corrected chi connectivity index (χ1v) is 9.40. The monoisotopic (exact) mass is 373 g/mol. The fourth-order valence-corrected chi connectivity index (χ4v) is 3.81. The van der Waals surface area contributed by atoms with Gasteiger partial charge in [-0.15, -0.1) is 0 Å². The lowest BCUT2D eigenvalue weighted by Gasteiger charge is -2.19. The number of para-hydroxylation sites is 2. The molecule has 140 valence electrons. The predicted molar refractivity (Wildman–Crippen MR) is 105 cm³/mol. The number of aromatic nitrogens is 4. The Morgan fingerprint density at radius 2 is 2.00 bits per heavy atom. The summed E-state index contributed by atoms with van der Waals surface area (Å²) in [6, 6.07) is 15.8. The summed E-state index contributed by atoms with van der Waals surface area (Å²) in [5, 5.41) is 12.4. The van der Waals surface area contributed by atoms with Crippen molar-refractivity contribution < 1.29 is 9.32 Å². The Bertz CT molecular complexity index is 1160. The van der Waals surface area contributed by atoms with Gasteiger partial charge in [0.2, 0.25) is 5.91 Å². The first kappa shape index (κ1) is 16.7. The summed E-state index contributed by atoms with van der Waals surface area (Å²) in [6.45, 7) is 2.65. The first-order chi connectivity index (χ1) is 13.7. The minimum atomic E-state index is -0.0971. The van der Waals surface area contributed by atoms with Gasteiger partial charge in [0.25, 0.3) is 5.89 Å². The van der Waals surface area contributed by atoms with Crippen LogP contribution in [-0.2, 0) is 11.2 Å². The maximum absolute atomic E-state index is 12.7. The lowest BCUT2D eigenvalue weighted by molar-refractivity contribution is -0.117. The van der Waals surface area contributed by atoms with Crippen molar-refractivity contribution in [3.05, 3.63) is 59.9 Å². The van der Waals surface area contributed by atoms with Gasteiger partial charge in [-0.05, 0) is 24.1 Å². The van der Waals surface area contributed by atoms with Crippen LogP contribution in [0.25, 0.3) is 22.5 Å². The van der Waals surface area contributed by atoms with Crippen molar-refractivity contribution >= 4 is 22.5 Å². The number of anilines is 1. The van der Waals surface area contributed by atoms with Crippen molar-refractivity contribution in [2.24, 2.45) is 0 Å². The number of benzene rings is 2. The van der Waals surface area contributed by atoms with Gasteiger partial charge in [-0.1, -0.05) is 48.5 Å². The van der Waals surface area contributed by atoms with Gasteiger partial charge < -0.3 is 9.42 Å². The van der Waals surface area contributed by atoms with Crippen LogP contribution in [0.1, 0.15) is 30.7 Å². The standard InChI is InChI=1S/C21H19N5O2/c1-2-13-7-3-6-10-17(13)26-12-14(11-18(26)27)20-22-21(28-25-20)19-15-8-4-5-9-16(15)23-24-19/h3-10,14H,2,11-12H2,1H3,(H,23,24). The molecule has 1 saturated heterocycles. The van der Waals surface area contributed by atoms with Gasteiger partial charge in [0.15, 0.2) is 11.5 Å². The molecule has 3 heterocycles. The molecule has 1 amide bonds. The van der Waals surface area contributed by atoms with Crippen molar-refractivity contribution in [3.8, 4) is 11.6 Å². The molecule has 1 N–H and O–H groups in total. The molecule has 5 rings (SSSR count). The minimum absolute atomic E-state index is 0.0856. The zero-order valence-electron chi connectivity index (χ0n) is 15.4. The summed E-state index contributed by atoms with van der Waals surface area (Å²) in [7, 11) is 0. The number of aryl methyl sites for hydroxylation is 1. The second-order valence-electron chi connectivity index (χ2n) is 6.96. The van der Waals surface area contributed by atoms with Crippen LogP contribution in [0.5, 0.6) is 0 Å². The third-order valence-corrected chi connectivity index (χ3v) is 5.27. The minimum Gasteiger partial charge on any atom is -0.332 e. The summed E-state index contributed by atoms with van der Waals surface area (Å²) in [5.41, 5.74) is 3.68. The number of amides is 1. The van der Waals surface area contributed by atoms with Crippen LogP contribution in [-0.4, -0.2) is 32.8 Å². The van der Waals surface area contributed by atoms with Gasteiger partial charge >= 0.3 is 0 Å². The molecule has 1 atom stereocenters. The van der Waals surface area contributed by atoms with E-state index in [1.165, 1.54) is 0 Å². The molecular weight excluding hydrogens is 354 g/mol. The lowest BCUT2D eigenvalue weighted by Crippen LogP contribution is -2.25. The highest BCUT2D eigenvalue weighted by atomic mass is 16.5. The largest absolute Gasteiger partial charge is 0.332 e. The van der Waals surface area contributed by atoms with Crippen LogP contribution in [0, 0.1) is 0 Å². The molecule has 0 saturated carbocycles. The summed E-state index contributed by atoms with van der Waals surface area (Å²) < 4.78 is 5.48. The highest BCUT2D eigenvalue weighted by Gasteiger charge is 2.35. The van der Waals surface area contributed by atoms with E-state index < -0.39 is 0 Å². The van der Waals surface area contributed by atoms with E-state index in [9.17, 15) is 4.79 Å². The third-order valence-electron chi connectivity index (χ3n) is 5.27. The van der Waals surface area contributed by atoms with Crippen molar-refractivity contribution in [2.75, 3.05) is 11.4 Å². The fourth-order valence-electron chi connectivity index (χ4n) is 3.81. The van der Waals surface area contributed by atoms with E-state index in [0.717, 1.165) is 28.6 Å². The number of nitrogens with zero attached hydrogens (tertiary/aromatic N) is 4. The zero-order chi connectivity index (χ0) is 19.1. The Balaban J connectivity index is 1.43. The Kier molecular flexibility index (Phi) is 3.93. The van der Waals surface area contributed by atoms with Crippen molar-refractivity contribution in [1.29, 1.82) is 0 Å². The predicted octanol–water partition coefficient (Wildman–Crippen LogP) is 3.70. The molecule has 1 fully saturated rings. The van der Waals surface area contributed by atoms with E-state index in [-0.39, 0.29) is 11.8 Å². The summed E-state index contributed by atoms with van der Waals surface area (Å²) in [6.07, 6.45) is 1.25. The smallest absolute Gasteiger partial charge is 0.279 e. The first-order valence-electron chi connectivity index (χ1n) is 9.40. The molecule has 0 bridgehead atoms. The lowest BCUT2D eigenvalue weighted by atomic mass is 10.1. The van der Waals surface area contributed by atoms with E-state index in [0.29, 0.717) is 30.4 Å². The Hall–Kier alpha value is -3.48. The normalized spacial score (nSPS) is 17.0. The maximum atomic E-state index is 12.7. The maximum Gasteiger partial charge on any atom is 0.279 e. The van der Waals surface area contributed by atoms with Crippen LogP contribution in [0.3, 0.4) is 0 Å². The third kappa shape index (κ3) is 2.67. The average molecular weight is 373 g/mol. The van der Waals surface area contributed by atoms with Crippen molar-refractivity contribution in [1.82, 2.24) is 20.3 Å². The van der Waals surface area contributed by atoms with Crippen LogP contribution >= 0.6 is 0 Å². The van der Waals surface area contributed by atoms with E-state index in [1.54, 1.807) is 0 Å². The molecule has 0 radical (unpaired) electrons. The number of carbonyl (C=O) groups is 1. The van der Waals surface area contributed by atoms with Gasteiger partial charge in [-0.25, -0.2) is 0 Å².